The van der Waals surface area contributed by atoms with Gasteiger partial charge in [0.1, 0.15) is 35.4 Å². The van der Waals surface area contributed by atoms with Crippen LogP contribution in [0.2, 0.25) is 18.1 Å². The summed E-state index contributed by atoms with van der Waals surface area (Å²) in [6.45, 7) is 19.1. The zero-order valence-corrected chi connectivity index (χ0v) is 41.1. The van der Waals surface area contributed by atoms with E-state index >= 15 is 0 Å². The number of nitriles is 1. The molecule has 0 saturated carbocycles. The molecule has 1 fully saturated rings. The lowest BCUT2D eigenvalue weighted by atomic mass is 9.80. The third kappa shape index (κ3) is 11.0. The predicted molar refractivity (Wildman–Crippen MR) is 248 cm³/mol. The number of ether oxygens (including phenoxy) is 4. The van der Waals surface area contributed by atoms with Gasteiger partial charge in [0.25, 0.3) is 14.1 Å². The van der Waals surface area contributed by atoms with Crippen molar-refractivity contribution in [2.24, 2.45) is 0 Å². The molecule has 330 valence electrons. The molecule has 4 aromatic rings. The highest BCUT2D eigenvalue weighted by Gasteiger charge is 2.54. The van der Waals surface area contributed by atoms with Gasteiger partial charge in [-0.25, -0.2) is 9.46 Å². The molecule has 3 aromatic carbocycles. The molecule has 2 unspecified atom stereocenters. The van der Waals surface area contributed by atoms with E-state index in [9.17, 15) is 14.9 Å². The molecular weight excluding hydrogens is 926 g/mol. The lowest BCUT2D eigenvalue weighted by molar-refractivity contribution is -0.0944. The van der Waals surface area contributed by atoms with Crippen LogP contribution >= 0.6 is 31.1 Å². The number of aromatic amines is 1. The van der Waals surface area contributed by atoms with Crippen molar-refractivity contribution in [2.45, 2.75) is 115 Å². The monoisotopic (exact) mass is 986 g/mol. The molecule has 1 aromatic heterocycles. The Morgan fingerprint density at radius 2 is 1.43 bits per heavy atom. The van der Waals surface area contributed by atoms with Crippen LogP contribution in [0.3, 0.4) is 0 Å². The standard InChI is InChI=1S/C45H60IN4O9PSi/c1-30(2)50(31(3)4)60(56-27-15-26-47)58-39-38(57-42(40(39)59-61(10,11)44(5,6)7)49-28-37(46)41(51)48-43(49)52)29-55-45(32-16-13-12-14-17-32,33-18-22-35(53-8)23-19-33)34-20-24-36(54-9)25-21-34/h12-14,16-25,28,30-31,38-40,42H,15,27,29H2,1-11H3,(H,48,51,52)/t38-,39+,40?,42-,60?/m1/s1. The number of rotatable bonds is 19. The molecule has 0 aliphatic carbocycles. The third-order valence-corrected chi connectivity index (χ3v) is 18.6. The number of hydrogen-bond donors (Lipinski definition) is 1. The van der Waals surface area contributed by atoms with E-state index in [4.69, 9.17) is 32.4 Å². The second-order valence-electron chi connectivity index (χ2n) is 17.0. The predicted octanol–water partition coefficient (Wildman–Crippen LogP) is 9.12. The average Bonchev–Trinajstić information content (AvgIpc) is 3.54. The number of nitrogens with zero attached hydrogens (tertiary/aromatic N) is 3. The smallest absolute Gasteiger partial charge is 0.330 e. The van der Waals surface area contributed by atoms with Crippen LogP contribution in [0.25, 0.3) is 0 Å². The van der Waals surface area contributed by atoms with E-state index in [-0.39, 0.29) is 36.8 Å². The van der Waals surface area contributed by atoms with Gasteiger partial charge in [-0.2, -0.15) is 5.26 Å². The molecule has 1 aliphatic rings. The summed E-state index contributed by atoms with van der Waals surface area (Å²) < 4.78 is 50.5. The van der Waals surface area contributed by atoms with Crippen molar-refractivity contribution in [3.05, 3.63) is 126 Å². The van der Waals surface area contributed by atoms with E-state index in [1.165, 1.54) is 10.8 Å². The number of nitrogens with one attached hydrogen (secondary N) is 1. The molecule has 16 heteroatoms. The Hall–Kier alpha value is -3.43. The van der Waals surface area contributed by atoms with E-state index in [0.717, 1.165) is 16.7 Å². The van der Waals surface area contributed by atoms with Gasteiger partial charge < -0.3 is 32.4 Å². The van der Waals surface area contributed by atoms with Gasteiger partial charge in [0.15, 0.2) is 14.5 Å². The Morgan fingerprint density at radius 1 is 0.885 bits per heavy atom. The van der Waals surface area contributed by atoms with Gasteiger partial charge in [-0.05, 0) is 109 Å². The first kappa shape index (κ1) is 48.6. The lowest BCUT2D eigenvalue weighted by Gasteiger charge is -2.42. The van der Waals surface area contributed by atoms with Crippen molar-refractivity contribution in [3.63, 3.8) is 0 Å². The zero-order chi connectivity index (χ0) is 44.7. The number of aromatic nitrogens is 2. The van der Waals surface area contributed by atoms with E-state index in [1.807, 2.05) is 101 Å². The summed E-state index contributed by atoms with van der Waals surface area (Å²) in [5.41, 5.74) is 0.149. The van der Waals surface area contributed by atoms with Gasteiger partial charge >= 0.3 is 5.69 Å². The molecule has 5 rings (SSSR count). The molecule has 0 radical (unpaired) electrons. The highest BCUT2D eigenvalue weighted by atomic mass is 127. The van der Waals surface area contributed by atoms with Gasteiger partial charge in [0.2, 0.25) is 0 Å². The Kier molecular flexibility index (Phi) is 16.6. The van der Waals surface area contributed by atoms with Crippen LogP contribution in [0, 0.1) is 14.9 Å². The fourth-order valence-corrected chi connectivity index (χ4v) is 10.7. The fourth-order valence-electron chi connectivity index (χ4n) is 7.17. The molecule has 0 bridgehead atoms. The second kappa shape index (κ2) is 20.8. The molecule has 1 saturated heterocycles. The Morgan fingerprint density at radius 3 is 1.92 bits per heavy atom. The van der Waals surface area contributed by atoms with Gasteiger partial charge in [-0.15, -0.1) is 0 Å². The topological polar surface area (TPSA) is 147 Å². The van der Waals surface area contributed by atoms with Crippen molar-refractivity contribution >= 4 is 39.4 Å². The second-order valence-corrected chi connectivity index (χ2v) is 24.3. The Labute approximate surface area is 375 Å². The summed E-state index contributed by atoms with van der Waals surface area (Å²) in [4.78, 5) is 29.0. The lowest BCUT2D eigenvalue weighted by Crippen LogP contribution is -2.51. The zero-order valence-electron chi connectivity index (χ0n) is 37.0. The van der Waals surface area contributed by atoms with Gasteiger partial charge in [0.05, 0.1) is 43.5 Å². The summed E-state index contributed by atoms with van der Waals surface area (Å²) >= 11 is 1.92. The summed E-state index contributed by atoms with van der Waals surface area (Å²) in [6.07, 6.45) is -1.97. The van der Waals surface area contributed by atoms with Crippen LogP contribution < -0.4 is 20.7 Å². The maximum atomic E-state index is 13.8. The van der Waals surface area contributed by atoms with Crippen LogP contribution in [0.1, 0.15) is 77.8 Å². The summed E-state index contributed by atoms with van der Waals surface area (Å²) in [7, 11) is -1.22. The number of hydrogen-bond acceptors (Lipinski definition) is 11. The first-order valence-electron chi connectivity index (χ1n) is 20.5. The van der Waals surface area contributed by atoms with E-state index in [0.29, 0.717) is 15.1 Å². The van der Waals surface area contributed by atoms with Crippen LogP contribution in [0.15, 0.2) is 94.6 Å². The maximum Gasteiger partial charge on any atom is 0.330 e. The molecule has 61 heavy (non-hydrogen) atoms. The van der Waals surface area contributed by atoms with Crippen LogP contribution in [0.5, 0.6) is 11.5 Å². The number of benzene rings is 3. The SMILES string of the molecule is COc1ccc(C(OC[C@H]2O[C@@H](n3cc(I)c(=O)[nH]c3=O)C(O[Si](C)(C)C(C)(C)C)[C@H]2OP(OCCC#N)N(C(C)C)C(C)C)(c2ccccc2)c2ccc(OC)cc2)cc1. The minimum atomic E-state index is -2.65. The molecular formula is C45H60IN4O9PSi. The molecule has 0 spiro atoms. The van der Waals surface area contributed by atoms with Crippen LogP contribution in [-0.4, -0.2) is 80.4 Å². The molecule has 13 nitrogen and oxygen atoms in total. The number of methoxy groups -OCH3 is 2. The van der Waals surface area contributed by atoms with Gasteiger partial charge in [-0.1, -0.05) is 75.4 Å². The largest absolute Gasteiger partial charge is 0.497 e. The number of halogens is 1. The van der Waals surface area contributed by atoms with Crippen molar-refractivity contribution in [1.29, 1.82) is 5.26 Å². The molecule has 5 atom stereocenters. The molecule has 0 amide bonds. The Balaban J connectivity index is 1.75. The van der Waals surface area contributed by atoms with Crippen molar-refractivity contribution < 1.29 is 32.4 Å². The first-order valence-corrected chi connectivity index (χ1v) is 25.6. The van der Waals surface area contributed by atoms with Gasteiger partial charge in [-0.3, -0.25) is 14.3 Å². The third-order valence-electron chi connectivity index (χ3n) is 11.2. The number of H-pyrrole nitrogens is 1. The fraction of sp³-hybridized carbons (Fsp3) is 0.489. The van der Waals surface area contributed by atoms with Crippen molar-refractivity contribution in [2.75, 3.05) is 27.4 Å². The molecule has 1 N–H and O–H groups in total. The average molecular weight is 987 g/mol. The summed E-state index contributed by atoms with van der Waals surface area (Å²) in [6, 6.07) is 27.7. The van der Waals surface area contributed by atoms with Gasteiger partial charge in [0, 0.05) is 18.3 Å². The minimum absolute atomic E-state index is 0.0000422. The van der Waals surface area contributed by atoms with Crippen LogP contribution in [0.4, 0.5) is 0 Å². The quantitative estimate of drug-likeness (QED) is 0.0316. The normalized spacial score (nSPS) is 19.0. The maximum absolute atomic E-state index is 13.8. The molecule has 2 heterocycles. The summed E-state index contributed by atoms with van der Waals surface area (Å²) in [5, 5.41) is 9.27. The van der Waals surface area contributed by atoms with E-state index < -0.39 is 58.2 Å². The van der Waals surface area contributed by atoms with Crippen molar-refractivity contribution in [1.82, 2.24) is 14.2 Å². The van der Waals surface area contributed by atoms with E-state index in [2.05, 4.69) is 77.3 Å². The molecule has 1 aliphatic heterocycles. The van der Waals surface area contributed by atoms with E-state index in [1.54, 1.807) is 14.2 Å². The minimum Gasteiger partial charge on any atom is -0.497 e. The highest BCUT2D eigenvalue weighted by molar-refractivity contribution is 14.1. The first-order chi connectivity index (χ1) is 28.9. The summed E-state index contributed by atoms with van der Waals surface area (Å²) in [5.74, 6) is 1.37. The Bertz CT molecular complexity index is 2140. The highest BCUT2D eigenvalue weighted by Crippen LogP contribution is 2.52. The van der Waals surface area contributed by atoms with Crippen molar-refractivity contribution in [3.8, 4) is 17.6 Å². The van der Waals surface area contributed by atoms with Crippen LogP contribution in [-0.2, 0) is 28.5 Å².